The molecule has 1 atom stereocenters. The van der Waals surface area contributed by atoms with Crippen LogP contribution in [0.4, 0.5) is 0 Å². The number of rotatable bonds is 4. The van der Waals surface area contributed by atoms with Crippen molar-refractivity contribution in [3.63, 3.8) is 0 Å². The highest BCUT2D eigenvalue weighted by molar-refractivity contribution is 6.17. The van der Waals surface area contributed by atoms with Crippen molar-refractivity contribution < 1.29 is 4.79 Å². The van der Waals surface area contributed by atoms with E-state index in [1.54, 1.807) is 0 Å². The second kappa shape index (κ2) is 6.24. The Morgan fingerprint density at radius 3 is 2.83 bits per heavy atom. The molecule has 1 fully saturated rings. The number of nitrogens with one attached hydrogen (secondary N) is 1. The van der Waals surface area contributed by atoms with Gasteiger partial charge in [-0.25, -0.2) is 0 Å². The molecule has 1 amide bonds. The predicted molar refractivity (Wildman–Crippen MR) is 74.9 cm³/mol. The van der Waals surface area contributed by atoms with Crippen molar-refractivity contribution in [2.24, 2.45) is 5.92 Å². The number of hydrogen-bond donors (Lipinski definition) is 1. The summed E-state index contributed by atoms with van der Waals surface area (Å²) in [5, 5.41) is 3.11. The van der Waals surface area contributed by atoms with Crippen LogP contribution in [-0.2, 0) is 5.88 Å². The quantitative estimate of drug-likeness (QED) is 0.826. The number of halogens is 1. The Hall–Kier alpha value is -1.02. The van der Waals surface area contributed by atoms with Gasteiger partial charge in [0, 0.05) is 17.5 Å². The molecular formula is C15H20ClNO. The molecule has 0 aliphatic heterocycles. The summed E-state index contributed by atoms with van der Waals surface area (Å²) < 4.78 is 0. The average Bonchev–Trinajstić information content (AvgIpc) is 2.92. The van der Waals surface area contributed by atoms with Crippen LogP contribution >= 0.6 is 11.6 Å². The first-order valence-electron chi connectivity index (χ1n) is 6.66. The van der Waals surface area contributed by atoms with Gasteiger partial charge < -0.3 is 5.32 Å². The molecule has 2 nitrogen and oxygen atoms in total. The Labute approximate surface area is 114 Å². The summed E-state index contributed by atoms with van der Waals surface area (Å²) in [5.74, 6) is 1.10. The molecule has 1 aliphatic carbocycles. The van der Waals surface area contributed by atoms with Crippen LogP contribution in [0, 0.1) is 5.92 Å². The van der Waals surface area contributed by atoms with Gasteiger partial charge in [0.15, 0.2) is 0 Å². The molecule has 18 heavy (non-hydrogen) atoms. The number of amides is 1. The Kier molecular flexibility index (Phi) is 4.65. The van der Waals surface area contributed by atoms with E-state index >= 15 is 0 Å². The number of carbonyl (C=O) groups is 1. The van der Waals surface area contributed by atoms with E-state index in [4.69, 9.17) is 11.6 Å². The lowest BCUT2D eigenvalue weighted by Crippen LogP contribution is -2.37. The van der Waals surface area contributed by atoms with Crippen LogP contribution in [0.2, 0.25) is 0 Å². The molecule has 0 heterocycles. The van der Waals surface area contributed by atoms with E-state index < -0.39 is 0 Å². The molecule has 0 spiro atoms. The average molecular weight is 266 g/mol. The van der Waals surface area contributed by atoms with Gasteiger partial charge in [-0.15, -0.1) is 11.6 Å². The summed E-state index contributed by atoms with van der Waals surface area (Å²) in [4.78, 5) is 12.1. The van der Waals surface area contributed by atoms with E-state index in [2.05, 4.69) is 12.2 Å². The van der Waals surface area contributed by atoms with Gasteiger partial charge in [-0.05, 0) is 43.4 Å². The normalized spacial score (nSPS) is 17.7. The molecule has 0 saturated heterocycles. The van der Waals surface area contributed by atoms with Gasteiger partial charge in [0.2, 0.25) is 0 Å². The number of hydrogen-bond acceptors (Lipinski definition) is 1. The van der Waals surface area contributed by atoms with Crippen LogP contribution in [0.3, 0.4) is 0 Å². The minimum Gasteiger partial charge on any atom is -0.349 e. The van der Waals surface area contributed by atoms with Crippen molar-refractivity contribution in [2.45, 2.75) is 44.5 Å². The monoisotopic (exact) mass is 265 g/mol. The maximum Gasteiger partial charge on any atom is 0.251 e. The second-order valence-electron chi connectivity index (χ2n) is 5.14. The Morgan fingerprint density at radius 1 is 1.44 bits per heavy atom. The fourth-order valence-electron chi connectivity index (χ4n) is 2.66. The minimum atomic E-state index is 0.0152. The maximum absolute atomic E-state index is 12.1. The first-order chi connectivity index (χ1) is 8.70. The summed E-state index contributed by atoms with van der Waals surface area (Å²) in [6.07, 6.45) is 5.07. The van der Waals surface area contributed by atoms with Crippen molar-refractivity contribution in [1.82, 2.24) is 5.32 Å². The smallest absolute Gasteiger partial charge is 0.251 e. The zero-order valence-electron chi connectivity index (χ0n) is 10.8. The van der Waals surface area contributed by atoms with E-state index in [1.165, 1.54) is 25.7 Å². The third kappa shape index (κ3) is 3.26. The highest BCUT2D eigenvalue weighted by Gasteiger charge is 2.23. The van der Waals surface area contributed by atoms with Crippen LogP contribution in [0.5, 0.6) is 0 Å². The number of carbonyl (C=O) groups excluding carboxylic acids is 1. The largest absolute Gasteiger partial charge is 0.349 e. The SMILES string of the molecule is CC(NC(=O)c1cccc(CCl)c1)C1CCCC1. The first kappa shape index (κ1) is 13.4. The molecule has 1 unspecified atom stereocenters. The summed E-state index contributed by atoms with van der Waals surface area (Å²) in [5.41, 5.74) is 1.69. The van der Waals surface area contributed by atoms with E-state index in [0.717, 1.165) is 5.56 Å². The highest BCUT2D eigenvalue weighted by atomic mass is 35.5. The third-order valence-corrected chi connectivity index (χ3v) is 4.12. The van der Waals surface area contributed by atoms with Gasteiger partial charge >= 0.3 is 0 Å². The van der Waals surface area contributed by atoms with Gasteiger partial charge in [-0.1, -0.05) is 25.0 Å². The maximum atomic E-state index is 12.1. The lowest BCUT2D eigenvalue weighted by atomic mass is 9.99. The van der Waals surface area contributed by atoms with E-state index in [0.29, 0.717) is 17.4 Å². The van der Waals surface area contributed by atoms with Gasteiger partial charge in [0.05, 0.1) is 0 Å². The topological polar surface area (TPSA) is 29.1 Å². The van der Waals surface area contributed by atoms with Crippen LogP contribution < -0.4 is 5.32 Å². The molecule has 0 radical (unpaired) electrons. The molecular weight excluding hydrogens is 246 g/mol. The van der Waals surface area contributed by atoms with Crippen molar-refractivity contribution in [1.29, 1.82) is 0 Å². The van der Waals surface area contributed by atoms with E-state index in [1.807, 2.05) is 24.3 Å². The number of benzene rings is 1. The molecule has 0 bridgehead atoms. The summed E-state index contributed by atoms with van der Waals surface area (Å²) in [6, 6.07) is 7.78. The van der Waals surface area contributed by atoms with Gasteiger partial charge in [0.1, 0.15) is 0 Å². The van der Waals surface area contributed by atoms with Crippen LogP contribution in [0.15, 0.2) is 24.3 Å². The third-order valence-electron chi connectivity index (χ3n) is 3.81. The zero-order chi connectivity index (χ0) is 13.0. The van der Waals surface area contributed by atoms with Crippen molar-refractivity contribution in [2.75, 3.05) is 0 Å². The van der Waals surface area contributed by atoms with Crippen molar-refractivity contribution >= 4 is 17.5 Å². The molecule has 2 rings (SSSR count). The summed E-state index contributed by atoms with van der Waals surface area (Å²) in [7, 11) is 0. The molecule has 1 aliphatic rings. The fourth-order valence-corrected chi connectivity index (χ4v) is 2.83. The zero-order valence-corrected chi connectivity index (χ0v) is 11.5. The molecule has 1 N–H and O–H groups in total. The lowest BCUT2D eigenvalue weighted by molar-refractivity contribution is 0.0927. The minimum absolute atomic E-state index is 0.0152. The van der Waals surface area contributed by atoms with Crippen LogP contribution in [0.25, 0.3) is 0 Å². The van der Waals surface area contributed by atoms with Crippen LogP contribution in [0.1, 0.15) is 48.5 Å². The predicted octanol–water partition coefficient (Wildman–Crippen LogP) is 3.73. The summed E-state index contributed by atoms with van der Waals surface area (Å²) in [6.45, 7) is 2.11. The molecule has 0 aromatic heterocycles. The summed E-state index contributed by atoms with van der Waals surface area (Å²) >= 11 is 5.78. The fraction of sp³-hybridized carbons (Fsp3) is 0.533. The molecule has 1 saturated carbocycles. The Bertz CT molecular complexity index is 413. The molecule has 1 aromatic rings. The van der Waals surface area contributed by atoms with Gasteiger partial charge in [-0.3, -0.25) is 4.79 Å². The van der Waals surface area contributed by atoms with Crippen molar-refractivity contribution in [3.05, 3.63) is 35.4 Å². The molecule has 3 heteroatoms. The Morgan fingerprint density at radius 2 is 2.17 bits per heavy atom. The van der Waals surface area contributed by atoms with E-state index in [9.17, 15) is 4.79 Å². The van der Waals surface area contributed by atoms with Gasteiger partial charge in [-0.2, -0.15) is 0 Å². The molecule has 1 aromatic carbocycles. The van der Waals surface area contributed by atoms with Gasteiger partial charge in [0.25, 0.3) is 5.91 Å². The first-order valence-corrected chi connectivity index (χ1v) is 7.20. The molecule has 98 valence electrons. The van der Waals surface area contributed by atoms with Crippen molar-refractivity contribution in [3.8, 4) is 0 Å². The number of alkyl halides is 1. The lowest BCUT2D eigenvalue weighted by Gasteiger charge is -2.20. The standard InChI is InChI=1S/C15H20ClNO/c1-11(13-6-2-3-7-13)17-15(18)14-8-4-5-12(9-14)10-16/h4-5,8-9,11,13H,2-3,6-7,10H2,1H3,(H,17,18). The second-order valence-corrected chi connectivity index (χ2v) is 5.41. The van der Waals surface area contributed by atoms with Crippen LogP contribution in [-0.4, -0.2) is 11.9 Å². The Balaban J connectivity index is 1.97. The highest BCUT2D eigenvalue weighted by Crippen LogP contribution is 2.27. The van der Waals surface area contributed by atoms with E-state index in [-0.39, 0.29) is 11.9 Å².